The maximum Gasteiger partial charge on any atom is 0.212 e. The van der Waals surface area contributed by atoms with Crippen molar-refractivity contribution >= 4 is 28.6 Å². The Balaban J connectivity index is 1.60. The Morgan fingerprint density at radius 2 is 2.03 bits per heavy atom. The normalized spacial score (nSPS) is 26.7. The first-order valence-corrected chi connectivity index (χ1v) is 9.23. The van der Waals surface area contributed by atoms with Gasteiger partial charge in [-0.3, -0.25) is 4.57 Å². The lowest BCUT2D eigenvalue weighted by Gasteiger charge is -2.24. The summed E-state index contributed by atoms with van der Waals surface area (Å²) < 4.78 is 12.1. The zero-order valence-electron chi connectivity index (χ0n) is 15.4. The van der Waals surface area contributed by atoms with E-state index in [1.807, 2.05) is 24.3 Å². The predicted molar refractivity (Wildman–Crippen MR) is 103 cm³/mol. The highest BCUT2D eigenvalue weighted by Gasteiger charge is 2.55. The Bertz CT molecular complexity index is 996. The molecule has 0 radical (unpaired) electrons. The fraction of sp³-hybridized carbons (Fsp3) is 0.389. The van der Waals surface area contributed by atoms with Gasteiger partial charge in [-0.15, -0.1) is 0 Å². The Morgan fingerprint density at radius 1 is 1.28 bits per heavy atom. The van der Waals surface area contributed by atoms with Crippen molar-refractivity contribution in [1.29, 1.82) is 0 Å². The molecule has 0 amide bonds. The summed E-state index contributed by atoms with van der Waals surface area (Å²) in [6, 6.07) is 7.59. The Kier molecular flexibility index (Phi) is 5.28. The molecule has 4 N–H and O–H groups in total. The third kappa shape index (κ3) is 3.49. The van der Waals surface area contributed by atoms with Gasteiger partial charge in [-0.25, -0.2) is 15.0 Å². The van der Waals surface area contributed by atoms with Crippen LogP contribution in [0.15, 0.2) is 36.9 Å². The van der Waals surface area contributed by atoms with Gasteiger partial charge >= 0.3 is 0 Å². The summed E-state index contributed by atoms with van der Waals surface area (Å²) in [6.45, 7) is -0.00336. The minimum Gasteiger partial charge on any atom is -0.497 e. The number of aromatic nitrogens is 4. The molecule has 0 aliphatic carbocycles. The zero-order valence-corrected chi connectivity index (χ0v) is 16.2. The summed E-state index contributed by atoms with van der Waals surface area (Å²) in [5.41, 5.74) is 1.81. The van der Waals surface area contributed by atoms with Crippen molar-refractivity contribution in [3.05, 3.63) is 42.5 Å². The van der Waals surface area contributed by atoms with Crippen molar-refractivity contribution in [2.45, 2.75) is 30.0 Å². The zero-order chi connectivity index (χ0) is 20.6. The average molecular weight is 422 g/mol. The van der Waals surface area contributed by atoms with E-state index in [9.17, 15) is 15.3 Å². The molecule has 1 saturated heterocycles. The number of aliphatic hydroxyl groups is 3. The number of methoxy groups -OCH3 is 1. The first-order chi connectivity index (χ1) is 14.0. The molecular weight excluding hydrogens is 402 g/mol. The number of nitrogens with one attached hydrogen (secondary N) is 1. The Morgan fingerprint density at radius 3 is 2.69 bits per heavy atom. The topological polar surface area (TPSA) is 135 Å². The van der Waals surface area contributed by atoms with Gasteiger partial charge in [0.15, 0.2) is 23.2 Å². The molecule has 1 aromatic carbocycles. The number of imidazole rings is 1. The molecule has 11 heteroatoms. The van der Waals surface area contributed by atoms with Crippen molar-refractivity contribution in [2.24, 2.45) is 0 Å². The lowest BCUT2D eigenvalue weighted by Crippen LogP contribution is -2.42. The first kappa shape index (κ1) is 19.8. The van der Waals surface area contributed by atoms with Gasteiger partial charge in [0.1, 0.15) is 24.3 Å². The second kappa shape index (κ2) is 7.73. The number of ether oxygens (including phenoxy) is 2. The molecule has 10 nitrogen and oxygen atoms in total. The van der Waals surface area contributed by atoms with Crippen molar-refractivity contribution < 1.29 is 24.8 Å². The van der Waals surface area contributed by atoms with Crippen LogP contribution in [0.4, 0.5) is 5.82 Å². The molecule has 154 valence electrons. The minimum atomic E-state index is -2.15. The maximum absolute atomic E-state index is 10.5. The lowest BCUT2D eigenvalue weighted by atomic mass is 10.1. The van der Waals surface area contributed by atoms with Crippen LogP contribution in [0.1, 0.15) is 11.8 Å². The molecule has 1 fully saturated rings. The molecule has 3 heterocycles. The van der Waals surface area contributed by atoms with Gasteiger partial charge in [-0.05, 0) is 17.7 Å². The van der Waals surface area contributed by atoms with E-state index in [0.717, 1.165) is 11.3 Å². The first-order valence-electron chi connectivity index (χ1n) is 8.85. The smallest absolute Gasteiger partial charge is 0.212 e. The van der Waals surface area contributed by atoms with Crippen LogP contribution in [-0.4, -0.2) is 65.8 Å². The summed E-state index contributed by atoms with van der Waals surface area (Å²) in [5.74, 6) is 1.25. The third-order valence-electron chi connectivity index (χ3n) is 4.83. The van der Waals surface area contributed by atoms with Gasteiger partial charge in [0.25, 0.3) is 0 Å². The number of hydrogen-bond acceptors (Lipinski definition) is 9. The Labute approximate surface area is 170 Å². The highest BCUT2D eigenvalue weighted by Crippen LogP contribution is 2.42. The summed E-state index contributed by atoms with van der Waals surface area (Å²) in [7, 11) is 1.61. The lowest BCUT2D eigenvalue weighted by molar-refractivity contribution is -0.0612. The number of aliphatic hydroxyl groups excluding tert-OH is 2. The van der Waals surface area contributed by atoms with E-state index in [4.69, 9.17) is 21.1 Å². The maximum atomic E-state index is 10.5. The molecule has 29 heavy (non-hydrogen) atoms. The van der Waals surface area contributed by atoms with Gasteiger partial charge in [-0.1, -0.05) is 23.7 Å². The van der Waals surface area contributed by atoms with Gasteiger partial charge < -0.3 is 30.1 Å². The van der Waals surface area contributed by atoms with Crippen LogP contribution in [-0.2, 0) is 11.3 Å². The largest absolute Gasteiger partial charge is 0.497 e. The minimum absolute atomic E-state index is 0.354. The number of benzene rings is 1. The van der Waals surface area contributed by atoms with E-state index in [2.05, 4.69) is 20.3 Å². The summed E-state index contributed by atoms with van der Waals surface area (Å²) in [4.78, 5) is 12.7. The van der Waals surface area contributed by atoms with Gasteiger partial charge in [-0.2, -0.15) is 0 Å². The van der Waals surface area contributed by atoms with Crippen molar-refractivity contribution in [3.63, 3.8) is 0 Å². The fourth-order valence-corrected chi connectivity index (χ4v) is 3.52. The second-order valence-corrected chi connectivity index (χ2v) is 7.24. The number of nitrogens with zero attached hydrogens (tertiary/aromatic N) is 4. The average Bonchev–Trinajstić information content (AvgIpc) is 3.26. The SMILES string of the molecule is COc1ccc(CNc2ncnc3c2ncn3[C@@H]2O[C@H](CO)[C@@H](O)[C@]2(O)Cl)cc1. The summed E-state index contributed by atoms with van der Waals surface area (Å²) in [5, 5.41) is 31.0. The van der Waals surface area contributed by atoms with Crippen LogP contribution in [0.2, 0.25) is 0 Å². The molecule has 0 bridgehead atoms. The van der Waals surface area contributed by atoms with E-state index in [1.165, 1.54) is 17.2 Å². The predicted octanol–water partition coefficient (Wildman–Crippen LogP) is 0.625. The molecule has 1 aliphatic rings. The van der Waals surface area contributed by atoms with Crippen LogP contribution >= 0.6 is 11.6 Å². The van der Waals surface area contributed by atoms with Crippen molar-refractivity contribution in [2.75, 3.05) is 19.0 Å². The number of anilines is 1. The van der Waals surface area contributed by atoms with E-state index >= 15 is 0 Å². The van der Waals surface area contributed by atoms with Crippen LogP contribution in [0.5, 0.6) is 5.75 Å². The molecule has 1 aliphatic heterocycles. The number of rotatable bonds is 6. The van der Waals surface area contributed by atoms with E-state index < -0.39 is 30.1 Å². The van der Waals surface area contributed by atoms with E-state index in [-0.39, 0.29) is 0 Å². The highest BCUT2D eigenvalue weighted by molar-refractivity contribution is 6.23. The molecule has 0 spiro atoms. The van der Waals surface area contributed by atoms with Crippen LogP contribution < -0.4 is 10.1 Å². The monoisotopic (exact) mass is 421 g/mol. The van der Waals surface area contributed by atoms with Gasteiger partial charge in [0.05, 0.1) is 20.0 Å². The van der Waals surface area contributed by atoms with E-state index in [1.54, 1.807) is 7.11 Å². The standard InChI is InChI=1S/C18H20ClN5O5/c1-28-11-4-2-10(3-5-11)6-20-15-13-16(22-8-21-15)24(9-23-13)17-18(19,27)14(26)12(7-25)29-17/h2-5,8-9,12,14,17,25-27H,6-7H2,1H3,(H,20,21,22)/t12-,14-,17-,18-/m1/s1. The summed E-state index contributed by atoms with van der Waals surface area (Å²) >= 11 is 6.11. The van der Waals surface area contributed by atoms with E-state index in [0.29, 0.717) is 23.5 Å². The quantitative estimate of drug-likeness (QED) is 0.422. The molecule has 2 aromatic heterocycles. The number of halogens is 1. The number of fused-ring (bicyclic) bond motifs is 1. The molecule has 4 rings (SSSR count). The summed E-state index contributed by atoms with van der Waals surface area (Å²) in [6.07, 6.45) is -0.965. The number of alkyl halides is 1. The van der Waals surface area contributed by atoms with Crippen LogP contribution in [0.25, 0.3) is 11.2 Å². The molecular formula is C18H20ClN5O5. The highest BCUT2D eigenvalue weighted by atomic mass is 35.5. The fourth-order valence-electron chi connectivity index (χ4n) is 3.23. The molecule has 0 unspecified atom stereocenters. The van der Waals surface area contributed by atoms with Crippen molar-refractivity contribution in [1.82, 2.24) is 19.5 Å². The van der Waals surface area contributed by atoms with Gasteiger partial charge in [0.2, 0.25) is 5.06 Å². The Hall–Kier alpha value is -2.50. The van der Waals surface area contributed by atoms with Crippen LogP contribution in [0.3, 0.4) is 0 Å². The number of hydrogen-bond donors (Lipinski definition) is 4. The third-order valence-corrected chi connectivity index (χ3v) is 5.24. The molecule has 3 aromatic rings. The molecule has 4 atom stereocenters. The van der Waals surface area contributed by atoms with Crippen LogP contribution in [0, 0.1) is 0 Å². The van der Waals surface area contributed by atoms with Crippen molar-refractivity contribution in [3.8, 4) is 5.75 Å². The molecule has 0 saturated carbocycles. The van der Waals surface area contributed by atoms with Gasteiger partial charge in [0, 0.05) is 6.54 Å². The second-order valence-electron chi connectivity index (χ2n) is 6.63.